The molecular weight excluding hydrogens is 342 g/mol. The molecule has 1 aliphatic carbocycles. The maximum atomic E-state index is 13.1. The summed E-state index contributed by atoms with van der Waals surface area (Å²) in [4.78, 5) is 17.7. The Labute approximate surface area is 149 Å². The van der Waals surface area contributed by atoms with Gasteiger partial charge in [-0.1, -0.05) is 11.6 Å². The summed E-state index contributed by atoms with van der Waals surface area (Å²) in [6, 6.07) is 4.15. The number of rotatable bonds is 5. The van der Waals surface area contributed by atoms with E-state index in [4.69, 9.17) is 17.1 Å². The van der Waals surface area contributed by atoms with Crippen LogP contribution in [0.25, 0.3) is 10.9 Å². The Hall–Kier alpha value is -2.12. The summed E-state index contributed by atoms with van der Waals surface area (Å²) in [5.41, 5.74) is 8.24. The molecule has 0 unspecified atom stereocenters. The number of benzene rings is 1. The van der Waals surface area contributed by atoms with Gasteiger partial charge in [0, 0.05) is 25.2 Å². The van der Waals surface area contributed by atoms with E-state index in [9.17, 15) is 9.90 Å². The van der Waals surface area contributed by atoms with Crippen molar-refractivity contribution in [2.45, 2.75) is 37.8 Å². The van der Waals surface area contributed by atoms with E-state index < -0.39 is 0 Å². The molecule has 1 aliphatic heterocycles. The third-order valence-electron chi connectivity index (χ3n) is 5.06. The first kappa shape index (κ1) is 16.4. The van der Waals surface area contributed by atoms with Crippen molar-refractivity contribution in [3.63, 3.8) is 0 Å². The molecule has 0 bridgehead atoms. The molecule has 2 aromatic rings. The zero-order valence-corrected chi connectivity index (χ0v) is 14.4. The Morgan fingerprint density at radius 2 is 2.24 bits per heavy atom. The van der Waals surface area contributed by atoms with Crippen LogP contribution in [0.4, 0.5) is 5.69 Å². The van der Waals surface area contributed by atoms with Gasteiger partial charge in [-0.2, -0.15) is 5.11 Å². The lowest BCUT2D eigenvalue weighted by Crippen LogP contribution is -2.42. The lowest BCUT2D eigenvalue weighted by molar-refractivity contribution is 0.0735. The van der Waals surface area contributed by atoms with Crippen LogP contribution in [-0.2, 0) is 0 Å². The predicted molar refractivity (Wildman–Crippen MR) is 94.9 cm³/mol. The number of aromatic nitrogens is 1. The maximum Gasteiger partial charge on any atom is 0.255 e. The fourth-order valence-electron chi connectivity index (χ4n) is 3.55. The lowest BCUT2D eigenvalue weighted by Gasteiger charge is -2.25. The molecule has 1 saturated carbocycles. The number of nitrogens with zero attached hydrogens (tertiary/aromatic N) is 2. The van der Waals surface area contributed by atoms with Gasteiger partial charge < -0.3 is 20.3 Å². The number of fused-ring (bicyclic) bond motifs is 1. The molecular formula is C17H20ClN5O2. The van der Waals surface area contributed by atoms with Crippen molar-refractivity contribution >= 4 is 34.1 Å². The number of aromatic hydroxyl groups is 1. The summed E-state index contributed by atoms with van der Waals surface area (Å²) in [5.74, 6) is -0.326. The summed E-state index contributed by atoms with van der Waals surface area (Å²) < 4.78 is 0. The quantitative estimate of drug-likeness (QED) is 0.612. The standard InChI is InChI=1S/C17H20ClN5O2/c18-14-11(5-6-12-13(14)15(22-19)16(24)21-12)17(25)23-7-1-2-10(23)8-20-9-3-4-9/h5-6,9-10,19-21,24H,1-4,7-8H2/t10-/m1/s1. The lowest BCUT2D eigenvalue weighted by atomic mass is 10.1. The Kier molecular flexibility index (Phi) is 4.13. The Balaban J connectivity index is 1.64. The maximum absolute atomic E-state index is 13.1. The minimum atomic E-state index is -0.218. The second-order valence-corrected chi connectivity index (χ2v) is 7.14. The SMILES string of the molecule is N=Nc1c(O)[nH]c2ccc(C(=O)N3CCC[C@@H]3CNC3CC3)c(Cl)c12. The van der Waals surface area contributed by atoms with Gasteiger partial charge in [-0.25, -0.2) is 5.53 Å². The van der Waals surface area contributed by atoms with E-state index >= 15 is 0 Å². The van der Waals surface area contributed by atoms with Crippen molar-refractivity contribution in [1.82, 2.24) is 15.2 Å². The first-order valence-electron chi connectivity index (χ1n) is 8.55. The largest absolute Gasteiger partial charge is 0.493 e. The Morgan fingerprint density at radius 1 is 1.44 bits per heavy atom. The van der Waals surface area contributed by atoms with Crippen LogP contribution in [0.1, 0.15) is 36.0 Å². The van der Waals surface area contributed by atoms with Gasteiger partial charge in [-0.3, -0.25) is 4.79 Å². The molecule has 1 atom stereocenters. The van der Waals surface area contributed by atoms with Gasteiger partial charge in [0.05, 0.1) is 21.5 Å². The monoisotopic (exact) mass is 361 g/mol. The molecule has 1 saturated heterocycles. The van der Waals surface area contributed by atoms with Gasteiger partial charge in [0.25, 0.3) is 5.91 Å². The summed E-state index contributed by atoms with van der Waals surface area (Å²) in [6.07, 6.45) is 4.42. The second-order valence-electron chi connectivity index (χ2n) is 6.76. The number of aromatic amines is 1. The average Bonchev–Trinajstić information content (AvgIpc) is 3.20. The fraction of sp³-hybridized carbons (Fsp3) is 0.471. The topological polar surface area (TPSA) is 105 Å². The molecule has 2 fully saturated rings. The van der Waals surface area contributed by atoms with E-state index in [0.29, 0.717) is 22.5 Å². The van der Waals surface area contributed by atoms with E-state index in [1.807, 2.05) is 4.90 Å². The summed E-state index contributed by atoms with van der Waals surface area (Å²) in [6.45, 7) is 1.53. The summed E-state index contributed by atoms with van der Waals surface area (Å²) >= 11 is 6.46. The molecule has 2 aliphatic rings. The number of hydrogen-bond acceptors (Lipinski definition) is 5. The van der Waals surface area contributed by atoms with Crippen molar-refractivity contribution < 1.29 is 9.90 Å². The van der Waals surface area contributed by atoms with Crippen LogP contribution in [0.2, 0.25) is 5.02 Å². The van der Waals surface area contributed by atoms with Gasteiger partial charge in [0.1, 0.15) is 0 Å². The van der Waals surface area contributed by atoms with Crippen LogP contribution in [0.15, 0.2) is 17.2 Å². The number of nitrogens with one attached hydrogen (secondary N) is 3. The molecule has 25 heavy (non-hydrogen) atoms. The number of halogens is 1. The van der Waals surface area contributed by atoms with Gasteiger partial charge in [-0.05, 0) is 37.8 Å². The minimum absolute atomic E-state index is 0.0584. The van der Waals surface area contributed by atoms with Crippen molar-refractivity contribution in [2.75, 3.05) is 13.1 Å². The first-order valence-corrected chi connectivity index (χ1v) is 8.93. The van der Waals surface area contributed by atoms with Crippen molar-refractivity contribution in [1.29, 1.82) is 5.53 Å². The zero-order valence-electron chi connectivity index (χ0n) is 13.7. The molecule has 7 nitrogen and oxygen atoms in total. The van der Waals surface area contributed by atoms with E-state index in [0.717, 1.165) is 25.9 Å². The molecule has 0 spiro atoms. The fourth-order valence-corrected chi connectivity index (χ4v) is 3.89. The zero-order chi connectivity index (χ0) is 17.6. The molecule has 4 N–H and O–H groups in total. The van der Waals surface area contributed by atoms with Crippen LogP contribution in [0.3, 0.4) is 0 Å². The first-order chi connectivity index (χ1) is 12.1. The predicted octanol–water partition coefficient (Wildman–Crippen LogP) is 3.55. The van der Waals surface area contributed by atoms with E-state index in [1.54, 1.807) is 12.1 Å². The summed E-state index contributed by atoms with van der Waals surface area (Å²) in [5, 5.41) is 17.3. The van der Waals surface area contributed by atoms with Gasteiger partial charge >= 0.3 is 0 Å². The van der Waals surface area contributed by atoms with E-state index in [-0.39, 0.29) is 28.5 Å². The third kappa shape index (κ3) is 2.87. The van der Waals surface area contributed by atoms with Crippen molar-refractivity contribution in [3.8, 4) is 5.88 Å². The number of amides is 1. The molecule has 132 valence electrons. The normalized spacial score (nSPS) is 20.4. The average molecular weight is 362 g/mol. The molecule has 4 rings (SSSR count). The molecule has 0 radical (unpaired) electrons. The van der Waals surface area contributed by atoms with Crippen LogP contribution in [-0.4, -0.2) is 46.1 Å². The van der Waals surface area contributed by atoms with Crippen LogP contribution in [0.5, 0.6) is 5.88 Å². The third-order valence-corrected chi connectivity index (χ3v) is 5.45. The van der Waals surface area contributed by atoms with Gasteiger partial charge in [0.15, 0.2) is 5.69 Å². The molecule has 1 aromatic carbocycles. The van der Waals surface area contributed by atoms with Crippen LogP contribution >= 0.6 is 11.6 Å². The highest BCUT2D eigenvalue weighted by atomic mass is 35.5. The van der Waals surface area contributed by atoms with Crippen LogP contribution < -0.4 is 5.32 Å². The van der Waals surface area contributed by atoms with Crippen molar-refractivity contribution in [2.24, 2.45) is 5.11 Å². The highest BCUT2D eigenvalue weighted by Gasteiger charge is 2.32. The molecule has 1 amide bonds. The number of hydrogen-bond donors (Lipinski definition) is 4. The van der Waals surface area contributed by atoms with Gasteiger partial charge in [-0.15, -0.1) is 0 Å². The van der Waals surface area contributed by atoms with Crippen LogP contribution in [0, 0.1) is 5.53 Å². The van der Waals surface area contributed by atoms with E-state index in [2.05, 4.69) is 15.4 Å². The molecule has 8 heteroatoms. The number of H-pyrrole nitrogens is 1. The summed E-state index contributed by atoms with van der Waals surface area (Å²) in [7, 11) is 0. The highest BCUT2D eigenvalue weighted by molar-refractivity contribution is 6.39. The van der Waals surface area contributed by atoms with Crippen molar-refractivity contribution in [3.05, 3.63) is 22.7 Å². The van der Waals surface area contributed by atoms with Gasteiger partial charge in [0.2, 0.25) is 5.88 Å². The molecule has 1 aromatic heterocycles. The highest BCUT2D eigenvalue weighted by Crippen LogP contribution is 2.41. The van der Waals surface area contributed by atoms with E-state index in [1.165, 1.54) is 12.8 Å². The number of carbonyl (C=O) groups is 1. The minimum Gasteiger partial charge on any atom is -0.493 e. The smallest absolute Gasteiger partial charge is 0.255 e. The Bertz CT molecular complexity index is 845. The number of likely N-dealkylation sites (tertiary alicyclic amines) is 1. The second kappa shape index (κ2) is 6.31. The number of carbonyl (C=O) groups excluding carboxylic acids is 1. The molecule has 2 heterocycles. The Morgan fingerprint density at radius 3 is 2.96 bits per heavy atom.